The highest BCUT2D eigenvalue weighted by atomic mass is 35.5. The molecule has 184 valence electrons. The maximum Gasteiger partial charge on any atom is 0.287 e. The van der Waals surface area contributed by atoms with E-state index in [9.17, 15) is 14.7 Å². The van der Waals surface area contributed by atoms with Crippen molar-refractivity contribution in [3.8, 4) is 23.0 Å². The molecule has 10 heteroatoms. The van der Waals surface area contributed by atoms with Crippen molar-refractivity contribution in [3.05, 3.63) is 88.1 Å². The predicted octanol–water partition coefficient (Wildman–Crippen LogP) is 4.09. The van der Waals surface area contributed by atoms with Crippen LogP contribution in [0.5, 0.6) is 23.0 Å². The number of phenols is 1. The number of hydrogen-bond donors (Lipinski definition) is 3. The molecule has 0 saturated carbocycles. The number of phenolic OH excluding ortho intramolecular Hbond substituents is 1. The summed E-state index contributed by atoms with van der Waals surface area (Å²) < 4.78 is 16.1. The molecule has 3 N–H and O–H groups in total. The van der Waals surface area contributed by atoms with E-state index in [1.807, 2.05) is 0 Å². The second-order valence-electron chi connectivity index (χ2n) is 7.47. The van der Waals surface area contributed by atoms with Gasteiger partial charge >= 0.3 is 0 Å². The van der Waals surface area contributed by atoms with Crippen LogP contribution in [-0.2, 0) is 4.79 Å². The zero-order chi connectivity index (χ0) is 25.5. The zero-order valence-electron chi connectivity index (χ0n) is 19.2. The summed E-state index contributed by atoms with van der Waals surface area (Å²) >= 11 is 6.04. The minimum atomic E-state index is -0.664. The second-order valence-corrected chi connectivity index (χ2v) is 7.88. The van der Waals surface area contributed by atoms with Crippen LogP contribution in [0.25, 0.3) is 6.08 Å². The third-order valence-corrected chi connectivity index (χ3v) is 5.25. The average Bonchev–Trinajstić information content (AvgIpc) is 3.35. The van der Waals surface area contributed by atoms with E-state index in [4.69, 9.17) is 25.8 Å². The third-order valence-electron chi connectivity index (χ3n) is 4.97. The topological polar surface area (TPSA) is 118 Å². The molecular weight excluding hydrogens is 486 g/mol. The lowest BCUT2D eigenvalue weighted by Gasteiger charge is -2.10. The van der Waals surface area contributed by atoms with Crippen molar-refractivity contribution in [3.63, 3.8) is 0 Å². The SMILES string of the molecule is CCOc1cc(/C=N\NC(=O)/C(=C\c2ccc3c(c2)OCO3)NC(=O)c2ccccc2)cc(Cl)c1O. The monoisotopic (exact) mass is 507 g/mol. The number of amides is 2. The fourth-order valence-electron chi connectivity index (χ4n) is 3.27. The summed E-state index contributed by atoms with van der Waals surface area (Å²) in [6.07, 6.45) is 2.83. The number of hydrogen-bond acceptors (Lipinski definition) is 7. The van der Waals surface area contributed by atoms with E-state index in [1.165, 1.54) is 24.4 Å². The molecule has 2 amide bonds. The van der Waals surface area contributed by atoms with Crippen LogP contribution < -0.4 is 25.0 Å². The lowest BCUT2D eigenvalue weighted by molar-refractivity contribution is -0.117. The van der Waals surface area contributed by atoms with E-state index in [2.05, 4.69) is 15.8 Å². The maximum atomic E-state index is 13.0. The van der Waals surface area contributed by atoms with Gasteiger partial charge in [0.2, 0.25) is 6.79 Å². The highest BCUT2D eigenvalue weighted by molar-refractivity contribution is 6.32. The smallest absolute Gasteiger partial charge is 0.287 e. The van der Waals surface area contributed by atoms with Gasteiger partial charge in [0.15, 0.2) is 23.0 Å². The van der Waals surface area contributed by atoms with E-state index in [0.717, 1.165) is 0 Å². The number of ether oxygens (including phenoxy) is 3. The number of hydrazone groups is 1. The van der Waals surface area contributed by atoms with Gasteiger partial charge in [0.25, 0.3) is 11.8 Å². The summed E-state index contributed by atoms with van der Waals surface area (Å²) in [7, 11) is 0. The number of fused-ring (bicyclic) bond motifs is 1. The highest BCUT2D eigenvalue weighted by Crippen LogP contribution is 2.35. The van der Waals surface area contributed by atoms with E-state index < -0.39 is 11.8 Å². The summed E-state index contributed by atoms with van der Waals surface area (Å²) in [6, 6.07) is 16.6. The Balaban J connectivity index is 1.56. The van der Waals surface area contributed by atoms with Crippen LogP contribution in [0.3, 0.4) is 0 Å². The molecule has 0 spiro atoms. The van der Waals surface area contributed by atoms with Crippen molar-refractivity contribution in [2.24, 2.45) is 5.10 Å². The molecule has 0 unspecified atom stereocenters. The number of aromatic hydroxyl groups is 1. The van der Waals surface area contributed by atoms with Crippen molar-refractivity contribution in [2.45, 2.75) is 6.92 Å². The van der Waals surface area contributed by atoms with Gasteiger partial charge in [-0.3, -0.25) is 9.59 Å². The Kier molecular flexibility index (Phi) is 7.72. The van der Waals surface area contributed by atoms with E-state index in [-0.39, 0.29) is 29.0 Å². The number of carbonyl (C=O) groups is 2. The molecule has 1 aliphatic heterocycles. The lowest BCUT2D eigenvalue weighted by atomic mass is 10.1. The molecule has 4 rings (SSSR count). The molecule has 0 saturated heterocycles. The summed E-state index contributed by atoms with van der Waals surface area (Å²) in [5.41, 5.74) is 3.82. The van der Waals surface area contributed by atoms with Crippen LogP contribution in [-0.4, -0.2) is 36.5 Å². The van der Waals surface area contributed by atoms with Crippen LogP contribution >= 0.6 is 11.6 Å². The first-order valence-electron chi connectivity index (χ1n) is 10.9. The van der Waals surface area contributed by atoms with Gasteiger partial charge in [-0.1, -0.05) is 35.9 Å². The lowest BCUT2D eigenvalue weighted by Crippen LogP contribution is -2.32. The van der Waals surface area contributed by atoms with Crippen molar-refractivity contribution in [1.82, 2.24) is 10.7 Å². The van der Waals surface area contributed by atoms with Crippen LogP contribution in [0.4, 0.5) is 0 Å². The highest BCUT2D eigenvalue weighted by Gasteiger charge is 2.17. The first-order valence-corrected chi connectivity index (χ1v) is 11.3. The molecule has 3 aromatic carbocycles. The molecule has 9 nitrogen and oxygen atoms in total. The number of nitrogens with one attached hydrogen (secondary N) is 2. The second kappa shape index (κ2) is 11.3. The van der Waals surface area contributed by atoms with Crippen LogP contribution in [0.1, 0.15) is 28.4 Å². The van der Waals surface area contributed by atoms with E-state index >= 15 is 0 Å². The van der Waals surface area contributed by atoms with Crippen molar-refractivity contribution < 1.29 is 28.9 Å². The van der Waals surface area contributed by atoms with Gasteiger partial charge in [0.05, 0.1) is 17.8 Å². The molecule has 0 fully saturated rings. The number of nitrogens with zero attached hydrogens (tertiary/aromatic N) is 1. The van der Waals surface area contributed by atoms with Crippen molar-refractivity contribution >= 4 is 35.7 Å². The Morgan fingerprint density at radius 1 is 1.08 bits per heavy atom. The molecule has 1 aliphatic rings. The summed E-state index contributed by atoms with van der Waals surface area (Å²) in [4.78, 5) is 25.7. The largest absolute Gasteiger partial charge is 0.503 e. The number of rotatable bonds is 8. The number of halogens is 1. The van der Waals surface area contributed by atoms with Crippen LogP contribution in [0, 0.1) is 0 Å². The Morgan fingerprint density at radius 3 is 2.64 bits per heavy atom. The van der Waals surface area contributed by atoms with Gasteiger partial charge in [-0.2, -0.15) is 5.10 Å². The fourth-order valence-corrected chi connectivity index (χ4v) is 3.49. The Bertz CT molecular complexity index is 1340. The molecule has 0 bridgehead atoms. The number of benzene rings is 3. The van der Waals surface area contributed by atoms with Crippen LogP contribution in [0.15, 0.2) is 71.5 Å². The molecule has 1 heterocycles. The molecule has 36 heavy (non-hydrogen) atoms. The third kappa shape index (κ3) is 5.94. The maximum absolute atomic E-state index is 13.0. The first-order chi connectivity index (χ1) is 17.4. The standard InChI is InChI=1S/C26H22ClN3O6/c1-2-34-23-13-17(10-19(27)24(23)31)14-28-30-26(33)20(29-25(32)18-6-4-3-5-7-18)11-16-8-9-21-22(12-16)36-15-35-21/h3-14,31H,2,15H2,1H3,(H,29,32)(H,30,33)/b20-11+,28-14-. The quantitative estimate of drug-likeness (QED) is 0.240. The molecular formula is C26H22ClN3O6. The van der Waals surface area contributed by atoms with Gasteiger partial charge in [0, 0.05) is 5.56 Å². The molecule has 0 aliphatic carbocycles. The Labute approximate surface area is 211 Å². The van der Waals surface area contributed by atoms with E-state index in [0.29, 0.717) is 34.8 Å². The van der Waals surface area contributed by atoms with Gasteiger partial charge < -0.3 is 24.6 Å². The fraction of sp³-hybridized carbons (Fsp3) is 0.115. The summed E-state index contributed by atoms with van der Waals surface area (Å²) in [6.45, 7) is 2.21. The minimum Gasteiger partial charge on any atom is -0.503 e. The summed E-state index contributed by atoms with van der Waals surface area (Å²) in [5, 5.41) is 16.6. The average molecular weight is 508 g/mol. The summed E-state index contributed by atoms with van der Waals surface area (Å²) in [5.74, 6) is 0.00495. The van der Waals surface area contributed by atoms with Crippen LogP contribution in [0.2, 0.25) is 5.02 Å². The minimum absolute atomic E-state index is 0.0430. The molecule has 0 atom stereocenters. The molecule has 0 aromatic heterocycles. The normalized spacial score (nSPS) is 12.4. The van der Waals surface area contributed by atoms with E-state index in [1.54, 1.807) is 55.5 Å². The van der Waals surface area contributed by atoms with Gasteiger partial charge in [-0.15, -0.1) is 0 Å². The zero-order valence-corrected chi connectivity index (χ0v) is 19.9. The molecule has 0 radical (unpaired) electrons. The molecule has 3 aromatic rings. The van der Waals surface area contributed by atoms with Crippen molar-refractivity contribution in [2.75, 3.05) is 13.4 Å². The van der Waals surface area contributed by atoms with Gasteiger partial charge in [-0.25, -0.2) is 5.43 Å². The Hall–Kier alpha value is -4.50. The Morgan fingerprint density at radius 2 is 1.86 bits per heavy atom. The van der Waals surface area contributed by atoms with Crippen molar-refractivity contribution in [1.29, 1.82) is 0 Å². The first kappa shape index (κ1) is 24.6. The predicted molar refractivity (Wildman–Crippen MR) is 134 cm³/mol. The van der Waals surface area contributed by atoms with Gasteiger partial charge in [-0.05, 0) is 60.5 Å². The van der Waals surface area contributed by atoms with Gasteiger partial charge in [0.1, 0.15) is 5.70 Å². The number of carbonyl (C=O) groups excluding carboxylic acids is 2.